The van der Waals surface area contributed by atoms with Crippen LogP contribution in [-0.4, -0.2) is 26.4 Å². The van der Waals surface area contributed by atoms with E-state index in [1.165, 1.54) is 23.3 Å². The van der Waals surface area contributed by atoms with Crippen molar-refractivity contribution in [3.05, 3.63) is 35.9 Å². The maximum atomic E-state index is 12.1. The van der Waals surface area contributed by atoms with Crippen molar-refractivity contribution in [1.82, 2.24) is 0 Å². The summed E-state index contributed by atoms with van der Waals surface area (Å²) in [5.74, 6) is 1.50. The standard InChI is InChI=1S/C17H25NO/c1-18(2)13-12-17(19)16-10-8-15(9-11-16)14-6-4-3-5-7-14/h3-7,15-16H,8-13H2,1-2H3/p+1. The number of nitrogens with one attached hydrogen (secondary N) is 1. The molecule has 1 aromatic carbocycles. The zero-order valence-corrected chi connectivity index (χ0v) is 12.2. The summed E-state index contributed by atoms with van der Waals surface area (Å²) < 4.78 is 0. The molecule has 0 saturated heterocycles. The van der Waals surface area contributed by atoms with Crippen LogP contribution in [0.3, 0.4) is 0 Å². The Balaban J connectivity index is 1.81. The fraction of sp³-hybridized carbons (Fsp3) is 0.588. The Bertz CT molecular complexity index is 391. The van der Waals surface area contributed by atoms with Crippen LogP contribution < -0.4 is 4.90 Å². The van der Waals surface area contributed by atoms with Gasteiger partial charge in [-0.2, -0.15) is 0 Å². The molecule has 0 heterocycles. The molecule has 0 atom stereocenters. The van der Waals surface area contributed by atoms with Crippen LogP contribution in [0.25, 0.3) is 0 Å². The monoisotopic (exact) mass is 260 g/mol. The van der Waals surface area contributed by atoms with Crippen LogP contribution in [0.1, 0.15) is 43.6 Å². The molecule has 2 heteroatoms. The second-order valence-electron chi connectivity index (χ2n) is 6.13. The van der Waals surface area contributed by atoms with Crippen LogP contribution in [0.4, 0.5) is 0 Å². The van der Waals surface area contributed by atoms with Crippen LogP contribution >= 0.6 is 0 Å². The van der Waals surface area contributed by atoms with E-state index in [9.17, 15) is 4.79 Å². The van der Waals surface area contributed by atoms with E-state index in [-0.39, 0.29) is 0 Å². The molecule has 2 nitrogen and oxygen atoms in total. The zero-order valence-electron chi connectivity index (χ0n) is 12.2. The smallest absolute Gasteiger partial charge is 0.141 e. The lowest BCUT2D eigenvalue weighted by Crippen LogP contribution is -3.05. The largest absolute Gasteiger partial charge is 0.339 e. The average Bonchev–Trinajstić information content (AvgIpc) is 2.46. The number of hydrogen-bond acceptors (Lipinski definition) is 1. The van der Waals surface area contributed by atoms with Gasteiger partial charge in [-0.05, 0) is 37.2 Å². The number of ketones is 1. The first kappa shape index (κ1) is 14.3. The van der Waals surface area contributed by atoms with Gasteiger partial charge >= 0.3 is 0 Å². The third-order valence-electron chi connectivity index (χ3n) is 4.32. The molecule has 1 aromatic rings. The molecule has 1 aliphatic carbocycles. The van der Waals surface area contributed by atoms with E-state index in [2.05, 4.69) is 44.4 Å². The van der Waals surface area contributed by atoms with Crippen molar-refractivity contribution in [2.24, 2.45) is 5.92 Å². The minimum Gasteiger partial charge on any atom is -0.339 e. The van der Waals surface area contributed by atoms with Gasteiger partial charge in [0, 0.05) is 5.92 Å². The molecule has 1 N–H and O–H groups in total. The van der Waals surface area contributed by atoms with Gasteiger partial charge < -0.3 is 4.90 Å². The second kappa shape index (κ2) is 6.85. The number of benzene rings is 1. The van der Waals surface area contributed by atoms with E-state index in [0.29, 0.717) is 17.6 Å². The van der Waals surface area contributed by atoms with Gasteiger partial charge in [0.25, 0.3) is 0 Å². The predicted molar refractivity (Wildman–Crippen MR) is 78.4 cm³/mol. The summed E-state index contributed by atoms with van der Waals surface area (Å²) in [7, 11) is 4.22. The van der Waals surface area contributed by atoms with Crippen LogP contribution in [0.15, 0.2) is 30.3 Å². The third-order valence-corrected chi connectivity index (χ3v) is 4.32. The lowest BCUT2D eigenvalue weighted by molar-refractivity contribution is -0.857. The molecular formula is C17H26NO+. The minimum atomic E-state index is 0.333. The summed E-state index contributed by atoms with van der Waals surface area (Å²) in [5.41, 5.74) is 1.45. The Labute approximate surface area is 116 Å². The molecule has 1 aliphatic rings. The Kier molecular flexibility index (Phi) is 5.15. The molecule has 1 fully saturated rings. The summed E-state index contributed by atoms with van der Waals surface area (Å²) in [6.45, 7) is 0.970. The zero-order chi connectivity index (χ0) is 13.7. The number of carbonyl (C=O) groups excluding carboxylic acids is 1. The number of rotatable bonds is 5. The van der Waals surface area contributed by atoms with Crippen LogP contribution in [-0.2, 0) is 4.79 Å². The van der Waals surface area contributed by atoms with Crippen molar-refractivity contribution in [1.29, 1.82) is 0 Å². The van der Waals surface area contributed by atoms with Gasteiger partial charge in [-0.3, -0.25) is 4.79 Å². The van der Waals surface area contributed by atoms with Crippen LogP contribution in [0.2, 0.25) is 0 Å². The van der Waals surface area contributed by atoms with E-state index in [0.717, 1.165) is 25.8 Å². The van der Waals surface area contributed by atoms with Gasteiger partial charge in [0.2, 0.25) is 0 Å². The van der Waals surface area contributed by atoms with Crippen molar-refractivity contribution >= 4 is 5.78 Å². The first-order chi connectivity index (χ1) is 9.16. The molecule has 1 saturated carbocycles. The third kappa shape index (κ3) is 4.17. The molecule has 0 unspecified atom stereocenters. The molecule has 104 valence electrons. The molecule has 0 bridgehead atoms. The predicted octanol–water partition coefficient (Wildman–Crippen LogP) is 2.06. The highest BCUT2D eigenvalue weighted by atomic mass is 16.1. The highest BCUT2D eigenvalue weighted by Gasteiger charge is 2.26. The lowest BCUT2D eigenvalue weighted by atomic mass is 9.77. The fourth-order valence-electron chi connectivity index (χ4n) is 3.05. The first-order valence-corrected chi connectivity index (χ1v) is 7.53. The van der Waals surface area contributed by atoms with Gasteiger partial charge in [-0.15, -0.1) is 0 Å². The van der Waals surface area contributed by atoms with Crippen molar-refractivity contribution in [3.63, 3.8) is 0 Å². The van der Waals surface area contributed by atoms with E-state index >= 15 is 0 Å². The molecule has 2 rings (SSSR count). The van der Waals surface area contributed by atoms with Crippen LogP contribution in [0.5, 0.6) is 0 Å². The Morgan fingerprint density at radius 1 is 1.11 bits per heavy atom. The number of quaternary nitrogens is 1. The van der Waals surface area contributed by atoms with E-state index in [1.807, 2.05) is 0 Å². The SMILES string of the molecule is C[NH+](C)CCC(=O)C1CCC(c2ccccc2)CC1. The fourth-order valence-corrected chi connectivity index (χ4v) is 3.05. The number of carbonyl (C=O) groups is 1. The van der Waals surface area contributed by atoms with Crippen molar-refractivity contribution in [3.8, 4) is 0 Å². The summed E-state index contributed by atoms with van der Waals surface area (Å²) >= 11 is 0. The average molecular weight is 260 g/mol. The Morgan fingerprint density at radius 3 is 2.32 bits per heavy atom. The molecular weight excluding hydrogens is 234 g/mol. The summed E-state index contributed by atoms with van der Waals surface area (Å²) in [6, 6.07) is 10.8. The van der Waals surface area contributed by atoms with Gasteiger partial charge in [-0.25, -0.2) is 0 Å². The van der Waals surface area contributed by atoms with Gasteiger partial charge in [0.05, 0.1) is 27.1 Å². The maximum absolute atomic E-state index is 12.1. The van der Waals surface area contributed by atoms with E-state index in [4.69, 9.17) is 0 Å². The normalized spacial score (nSPS) is 23.5. The van der Waals surface area contributed by atoms with Crippen molar-refractivity contribution in [2.45, 2.75) is 38.0 Å². The van der Waals surface area contributed by atoms with Gasteiger partial charge in [0.15, 0.2) is 0 Å². The molecule has 0 aromatic heterocycles. The topological polar surface area (TPSA) is 21.5 Å². The Hall–Kier alpha value is -1.15. The van der Waals surface area contributed by atoms with Crippen molar-refractivity contribution in [2.75, 3.05) is 20.6 Å². The summed E-state index contributed by atoms with van der Waals surface area (Å²) in [5, 5.41) is 0. The summed E-state index contributed by atoms with van der Waals surface area (Å²) in [4.78, 5) is 13.5. The van der Waals surface area contributed by atoms with Crippen LogP contribution in [0, 0.1) is 5.92 Å². The van der Waals surface area contributed by atoms with Crippen molar-refractivity contribution < 1.29 is 9.69 Å². The maximum Gasteiger partial charge on any atom is 0.141 e. The van der Waals surface area contributed by atoms with E-state index < -0.39 is 0 Å². The minimum absolute atomic E-state index is 0.333. The van der Waals surface area contributed by atoms with Gasteiger partial charge in [0.1, 0.15) is 5.78 Å². The number of hydrogen-bond donors (Lipinski definition) is 1. The Morgan fingerprint density at radius 2 is 1.74 bits per heavy atom. The molecule has 19 heavy (non-hydrogen) atoms. The highest BCUT2D eigenvalue weighted by Crippen LogP contribution is 2.36. The molecule has 0 radical (unpaired) electrons. The molecule has 0 aliphatic heterocycles. The summed E-state index contributed by atoms with van der Waals surface area (Å²) in [6.07, 6.45) is 5.27. The van der Waals surface area contributed by atoms with Gasteiger partial charge in [-0.1, -0.05) is 30.3 Å². The number of Topliss-reactive ketones (excluding diaryl/α,β-unsaturated/α-hetero) is 1. The quantitative estimate of drug-likeness (QED) is 0.860. The lowest BCUT2D eigenvalue weighted by Gasteiger charge is -2.28. The molecule has 0 spiro atoms. The highest BCUT2D eigenvalue weighted by molar-refractivity contribution is 5.81. The first-order valence-electron chi connectivity index (χ1n) is 7.53. The molecule has 0 amide bonds. The second-order valence-corrected chi connectivity index (χ2v) is 6.13. The van der Waals surface area contributed by atoms with E-state index in [1.54, 1.807) is 0 Å².